The standard InChI is InChI=1S/C49H34O4/c50-39-21-9-33(10-22-39)35-13-25-41(26-14-35)52-43-29-17-37(18-30-43)49(47-7-3-1-5-45(47)46-6-2-4-8-48(46)49)38-19-31-44(32-20-38)53-42-27-15-36(16-28-42)34-11-23-40(51)24-12-34/h1-32,50-51H. The highest BCUT2D eigenvalue weighted by Crippen LogP contribution is 2.56. The Morgan fingerprint density at radius 1 is 0.302 bits per heavy atom. The Hall–Kier alpha value is -7.04. The molecule has 9 rings (SSSR count). The normalized spacial score (nSPS) is 12.5. The Morgan fingerprint density at radius 3 is 0.925 bits per heavy atom. The molecule has 1 aliphatic carbocycles. The molecule has 8 aromatic carbocycles. The van der Waals surface area contributed by atoms with Gasteiger partial charge in [-0.25, -0.2) is 0 Å². The highest BCUT2D eigenvalue weighted by molar-refractivity contribution is 5.86. The number of benzene rings is 8. The zero-order valence-corrected chi connectivity index (χ0v) is 28.7. The van der Waals surface area contributed by atoms with Gasteiger partial charge in [-0.1, -0.05) is 121 Å². The Labute approximate surface area is 308 Å². The fraction of sp³-hybridized carbons (Fsp3) is 0.0204. The minimum Gasteiger partial charge on any atom is -0.508 e. The van der Waals surface area contributed by atoms with Crippen LogP contribution in [0, 0.1) is 0 Å². The molecule has 0 fully saturated rings. The zero-order valence-electron chi connectivity index (χ0n) is 28.7. The Kier molecular flexibility index (Phi) is 7.98. The zero-order chi connectivity index (χ0) is 35.8. The number of phenols is 2. The summed E-state index contributed by atoms with van der Waals surface area (Å²) in [5.41, 5.74) is 10.8. The van der Waals surface area contributed by atoms with Gasteiger partial charge in [-0.15, -0.1) is 0 Å². The van der Waals surface area contributed by atoms with Crippen LogP contribution in [0.2, 0.25) is 0 Å². The Bertz CT molecular complexity index is 2340. The second kappa shape index (κ2) is 13.3. The maximum atomic E-state index is 9.65. The van der Waals surface area contributed by atoms with Crippen LogP contribution in [0.25, 0.3) is 33.4 Å². The first-order valence-corrected chi connectivity index (χ1v) is 17.6. The van der Waals surface area contributed by atoms with Gasteiger partial charge >= 0.3 is 0 Å². The predicted molar refractivity (Wildman–Crippen MR) is 211 cm³/mol. The molecule has 0 radical (unpaired) electrons. The molecule has 0 unspecified atom stereocenters. The quantitative estimate of drug-likeness (QED) is 0.167. The largest absolute Gasteiger partial charge is 0.508 e. The fourth-order valence-electron chi connectivity index (χ4n) is 7.58. The number of hydrogen-bond acceptors (Lipinski definition) is 4. The summed E-state index contributed by atoms with van der Waals surface area (Å²) in [4.78, 5) is 0. The smallest absolute Gasteiger partial charge is 0.127 e. The van der Waals surface area contributed by atoms with E-state index in [0.29, 0.717) is 0 Å². The van der Waals surface area contributed by atoms with E-state index in [2.05, 4.69) is 72.8 Å². The number of phenolic OH excluding ortho intramolecular Hbond substituents is 2. The summed E-state index contributed by atoms with van der Waals surface area (Å²) < 4.78 is 12.7. The molecule has 254 valence electrons. The van der Waals surface area contributed by atoms with Crippen LogP contribution in [0.3, 0.4) is 0 Å². The average molecular weight is 687 g/mol. The van der Waals surface area contributed by atoms with Crippen LogP contribution in [0.4, 0.5) is 0 Å². The van der Waals surface area contributed by atoms with E-state index in [9.17, 15) is 10.2 Å². The first-order valence-electron chi connectivity index (χ1n) is 17.6. The minimum absolute atomic E-state index is 0.250. The lowest BCUT2D eigenvalue weighted by Crippen LogP contribution is -2.28. The van der Waals surface area contributed by atoms with Crippen molar-refractivity contribution in [3.05, 3.63) is 216 Å². The minimum atomic E-state index is -0.554. The summed E-state index contributed by atoms with van der Waals surface area (Å²) in [6, 6.07) is 64.7. The summed E-state index contributed by atoms with van der Waals surface area (Å²) in [5.74, 6) is 3.50. The van der Waals surface area contributed by atoms with Gasteiger partial charge in [-0.05, 0) is 128 Å². The summed E-state index contributed by atoms with van der Waals surface area (Å²) in [6.07, 6.45) is 0. The lowest BCUT2D eigenvalue weighted by molar-refractivity contribution is 0.475. The molecule has 1 aliphatic rings. The second-order valence-corrected chi connectivity index (χ2v) is 13.2. The van der Waals surface area contributed by atoms with E-state index >= 15 is 0 Å². The van der Waals surface area contributed by atoms with E-state index in [0.717, 1.165) is 56.4 Å². The van der Waals surface area contributed by atoms with Crippen molar-refractivity contribution in [3.8, 4) is 67.9 Å². The van der Waals surface area contributed by atoms with Crippen molar-refractivity contribution in [1.82, 2.24) is 0 Å². The van der Waals surface area contributed by atoms with Crippen LogP contribution in [0.15, 0.2) is 194 Å². The average Bonchev–Trinajstić information content (AvgIpc) is 3.51. The number of hydrogen-bond donors (Lipinski definition) is 2. The van der Waals surface area contributed by atoms with Gasteiger partial charge in [0, 0.05) is 0 Å². The molecule has 0 saturated heterocycles. The molecule has 0 atom stereocenters. The molecule has 0 saturated carbocycles. The number of rotatable bonds is 8. The fourth-order valence-corrected chi connectivity index (χ4v) is 7.58. The van der Waals surface area contributed by atoms with Gasteiger partial charge in [0.15, 0.2) is 0 Å². The molecule has 0 heterocycles. The maximum Gasteiger partial charge on any atom is 0.127 e. The van der Waals surface area contributed by atoms with Crippen molar-refractivity contribution in [2.75, 3.05) is 0 Å². The first-order chi connectivity index (χ1) is 26.0. The van der Waals surface area contributed by atoms with Crippen molar-refractivity contribution >= 4 is 0 Å². The van der Waals surface area contributed by atoms with Crippen molar-refractivity contribution in [2.24, 2.45) is 0 Å². The Morgan fingerprint density at radius 2 is 0.585 bits per heavy atom. The van der Waals surface area contributed by atoms with Gasteiger partial charge in [0.1, 0.15) is 34.5 Å². The highest BCUT2D eigenvalue weighted by Gasteiger charge is 2.45. The van der Waals surface area contributed by atoms with Crippen molar-refractivity contribution in [3.63, 3.8) is 0 Å². The molecule has 0 bridgehead atoms. The van der Waals surface area contributed by atoms with E-state index in [-0.39, 0.29) is 11.5 Å². The van der Waals surface area contributed by atoms with Crippen LogP contribution in [-0.4, -0.2) is 10.2 Å². The lowest BCUT2D eigenvalue weighted by atomic mass is 9.68. The number of aromatic hydroxyl groups is 2. The molecule has 2 N–H and O–H groups in total. The molecular formula is C49H34O4. The molecule has 0 spiro atoms. The number of ether oxygens (including phenoxy) is 2. The summed E-state index contributed by atoms with van der Waals surface area (Å²) in [5, 5.41) is 19.3. The monoisotopic (exact) mass is 686 g/mol. The lowest BCUT2D eigenvalue weighted by Gasteiger charge is -2.34. The molecule has 0 amide bonds. The van der Waals surface area contributed by atoms with Gasteiger partial charge in [-0.2, -0.15) is 0 Å². The summed E-state index contributed by atoms with van der Waals surface area (Å²) in [7, 11) is 0. The van der Waals surface area contributed by atoms with Gasteiger partial charge in [0.2, 0.25) is 0 Å². The SMILES string of the molecule is Oc1ccc(-c2ccc(Oc3ccc(C4(c5ccc(Oc6ccc(-c7ccc(O)cc7)cc6)cc5)c5ccccc5-c5ccccc54)cc3)cc2)cc1. The van der Waals surface area contributed by atoms with E-state index in [1.54, 1.807) is 24.3 Å². The summed E-state index contributed by atoms with van der Waals surface area (Å²) >= 11 is 0. The summed E-state index contributed by atoms with van der Waals surface area (Å²) in [6.45, 7) is 0. The van der Waals surface area contributed by atoms with Crippen LogP contribution in [0.1, 0.15) is 22.3 Å². The highest BCUT2D eigenvalue weighted by atomic mass is 16.5. The van der Waals surface area contributed by atoms with Crippen LogP contribution in [-0.2, 0) is 5.41 Å². The van der Waals surface area contributed by atoms with Gasteiger partial charge < -0.3 is 19.7 Å². The van der Waals surface area contributed by atoms with Gasteiger partial charge in [-0.3, -0.25) is 0 Å². The van der Waals surface area contributed by atoms with Gasteiger partial charge in [0.25, 0.3) is 0 Å². The third kappa shape index (κ3) is 5.86. The predicted octanol–water partition coefficient (Wildman–Crippen LogP) is 12.4. The third-order valence-corrected chi connectivity index (χ3v) is 10.1. The van der Waals surface area contributed by atoms with E-state index in [1.165, 1.54) is 22.3 Å². The van der Waals surface area contributed by atoms with Crippen LogP contribution >= 0.6 is 0 Å². The van der Waals surface area contributed by atoms with Crippen molar-refractivity contribution in [1.29, 1.82) is 0 Å². The van der Waals surface area contributed by atoms with E-state index in [1.807, 2.05) is 97.1 Å². The van der Waals surface area contributed by atoms with Crippen molar-refractivity contribution < 1.29 is 19.7 Å². The second-order valence-electron chi connectivity index (χ2n) is 13.2. The molecular weight excluding hydrogens is 653 g/mol. The molecule has 0 aliphatic heterocycles. The molecule has 8 aromatic rings. The molecule has 4 heteroatoms. The topological polar surface area (TPSA) is 58.9 Å². The molecule has 53 heavy (non-hydrogen) atoms. The maximum absolute atomic E-state index is 9.65. The van der Waals surface area contributed by atoms with Crippen molar-refractivity contribution in [2.45, 2.75) is 5.41 Å². The third-order valence-electron chi connectivity index (χ3n) is 10.1. The molecule has 4 nitrogen and oxygen atoms in total. The molecule has 0 aromatic heterocycles. The van der Waals surface area contributed by atoms with E-state index in [4.69, 9.17) is 9.47 Å². The van der Waals surface area contributed by atoms with Crippen LogP contribution < -0.4 is 9.47 Å². The van der Waals surface area contributed by atoms with Crippen LogP contribution in [0.5, 0.6) is 34.5 Å². The van der Waals surface area contributed by atoms with E-state index < -0.39 is 5.41 Å². The number of fused-ring (bicyclic) bond motifs is 3. The van der Waals surface area contributed by atoms with Gasteiger partial charge in [0.05, 0.1) is 5.41 Å². The first kappa shape index (κ1) is 31.9. The Balaban J connectivity index is 1.03.